The van der Waals surface area contributed by atoms with Crippen molar-refractivity contribution in [2.45, 2.75) is 19.4 Å². The molecule has 4 heteroatoms. The van der Waals surface area contributed by atoms with Crippen LogP contribution in [0, 0.1) is 13.8 Å². The normalized spacial score (nSPS) is 16.7. The highest BCUT2D eigenvalue weighted by molar-refractivity contribution is 5.97. The number of ether oxygens (including phenoxy) is 2. The van der Waals surface area contributed by atoms with Crippen molar-refractivity contribution in [3.8, 4) is 11.5 Å². The summed E-state index contributed by atoms with van der Waals surface area (Å²) < 4.78 is 12.8. The van der Waals surface area contributed by atoms with Crippen LogP contribution in [0.5, 0.6) is 11.5 Å². The Morgan fingerprint density at radius 3 is 1.89 bits per heavy atom. The zero-order valence-corrected chi connectivity index (χ0v) is 21.1. The van der Waals surface area contributed by atoms with E-state index < -0.39 is 5.60 Å². The molecule has 5 aromatic carbocycles. The highest BCUT2D eigenvalue weighted by atomic mass is 16.6. The van der Waals surface area contributed by atoms with E-state index in [1.54, 1.807) is 0 Å². The van der Waals surface area contributed by atoms with Crippen LogP contribution in [0.25, 0.3) is 0 Å². The molecular weight excluding hydrogens is 470 g/mol. The summed E-state index contributed by atoms with van der Waals surface area (Å²) in [5.41, 5.74) is 7.41. The van der Waals surface area contributed by atoms with Crippen LogP contribution < -0.4 is 9.64 Å². The van der Waals surface area contributed by atoms with Crippen LogP contribution in [0.15, 0.2) is 115 Å². The second-order valence-corrected chi connectivity index (χ2v) is 9.91. The van der Waals surface area contributed by atoms with Gasteiger partial charge in [-0.3, -0.25) is 0 Å². The molecule has 0 saturated heterocycles. The van der Waals surface area contributed by atoms with Gasteiger partial charge in [0, 0.05) is 39.8 Å². The molecular formula is C34H25NO3. The SMILES string of the molecule is Cc1cccc(N(c2cccc(C)c2)c2ccc3c(c2)Oc2ccccc2C32OC(=O)c3ccccc32)c1. The van der Waals surface area contributed by atoms with E-state index >= 15 is 0 Å². The Morgan fingerprint density at radius 1 is 0.579 bits per heavy atom. The molecule has 0 amide bonds. The smallest absolute Gasteiger partial charge is 0.340 e. The van der Waals surface area contributed by atoms with Gasteiger partial charge in [0.05, 0.1) is 5.56 Å². The molecule has 7 rings (SSSR count). The number of rotatable bonds is 3. The van der Waals surface area contributed by atoms with Crippen LogP contribution in [-0.4, -0.2) is 5.97 Å². The predicted molar refractivity (Wildman–Crippen MR) is 149 cm³/mol. The van der Waals surface area contributed by atoms with E-state index in [1.807, 2.05) is 60.7 Å². The lowest BCUT2D eigenvalue weighted by molar-refractivity contribution is 0.0224. The number of carbonyl (C=O) groups is 1. The number of aryl methyl sites for hydroxylation is 2. The lowest BCUT2D eigenvalue weighted by Crippen LogP contribution is -2.33. The molecule has 0 saturated carbocycles. The zero-order chi connectivity index (χ0) is 25.9. The third kappa shape index (κ3) is 3.27. The van der Waals surface area contributed by atoms with Crippen molar-refractivity contribution in [3.05, 3.63) is 149 Å². The number of carbonyl (C=O) groups excluding carboxylic acids is 1. The van der Waals surface area contributed by atoms with Crippen LogP contribution in [0.2, 0.25) is 0 Å². The maximum Gasteiger partial charge on any atom is 0.340 e. The van der Waals surface area contributed by atoms with E-state index in [1.165, 1.54) is 11.1 Å². The topological polar surface area (TPSA) is 38.8 Å². The fraction of sp³-hybridized carbons (Fsp3) is 0.0882. The number of esters is 1. The molecule has 184 valence electrons. The van der Waals surface area contributed by atoms with Gasteiger partial charge in [0.2, 0.25) is 0 Å². The highest BCUT2D eigenvalue weighted by Crippen LogP contribution is 2.56. The van der Waals surface area contributed by atoms with Gasteiger partial charge in [-0.1, -0.05) is 60.7 Å². The highest BCUT2D eigenvalue weighted by Gasteiger charge is 2.53. The van der Waals surface area contributed by atoms with E-state index in [-0.39, 0.29) is 5.97 Å². The van der Waals surface area contributed by atoms with Crippen molar-refractivity contribution < 1.29 is 14.3 Å². The van der Waals surface area contributed by atoms with Crippen LogP contribution in [0.1, 0.15) is 38.2 Å². The molecule has 2 aliphatic heterocycles. The first-order valence-corrected chi connectivity index (χ1v) is 12.7. The third-order valence-electron chi connectivity index (χ3n) is 7.38. The van der Waals surface area contributed by atoms with Gasteiger partial charge in [0.25, 0.3) is 0 Å². The molecule has 0 bridgehead atoms. The first-order chi connectivity index (χ1) is 18.5. The van der Waals surface area contributed by atoms with Gasteiger partial charge in [0.1, 0.15) is 11.5 Å². The summed E-state index contributed by atoms with van der Waals surface area (Å²) in [5, 5.41) is 0. The summed E-state index contributed by atoms with van der Waals surface area (Å²) in [6, 6.07) is 38.5. The van der Waals surface area contributed by atoms with Crippen LogP contribution in [0.3, 0.4) is 0 Å². The Kier molecular flexibility index (Phi) is 4.92. The average molecular weight is 496 g/mol. The molecule has 0 aromatic heterocycles. The molecule has 0 N–H and O–H groups in total. The van der Waals surface area contributed by atoms with Gasteiger partial charge in [0.15, 0.2) is 5.60 Å². The van der Waals surface area contributed by atoms with Crippen molar-refractivity contribution in [2.75, 3.05) is 4.90 Å². The Hall–Kier alpha value is -4.83. The summed E-state index contributed by atoms with van der Waals surface area (Å²) in [6.07, 6.45) is 0. The molecule has 0 radical (unpaired) electrons. The zero-order valence-electron chi connectivity index (χ0n) is 21.1. The minimum Gasteiger partial charge on any atom is -0.456 e. The lowest BCUT2D eigenvalue weighted by Gasteiger charge is -2.37. The van der Waals surface area contributed by atoms with E-state index in [4.69, 9.17) is 9.47 Å². The maximum atomic E-state index is 13.1. The van der Waals surface area contributed by atoms with Gasteiger partial charge >= 0.3 is 5.97 Å². The van der Waals surface area contributed by atoms with Crippen LogP contribution >= 0.6 is 0 Å². The molecule has 38 heavy (non-hydrogen) atoms. The Balaban J connectivity index is 1.46. The minimum absolute atomic E-state index is 0.325. The predicted octanol–water partition coefficient (Wildman–Crippen LogP) is 8.34. The number of fused-ring (bicyclic) bond motifs is 6. The first-order valence-electron chi connectivity index (χ1n) is 12.7. The molecule has 5 aromatic rings. The summed E-state index contributed by atoms with van der Waals surface area (Å²) in [4.78, 5) is 15.3. The number of anilines is 3. The minimum atomic E-state index is -1.06. The second kappa shape index (κ2) is 8.35. The Bertz CT molecular complexity index is 1690. The molecule has 1 unspecified atom stereocenters. The van der Waals surface area contributed by atoms with Gasteiger partial charge in [-0.2, -0.15) is 0 Å². The van der Waals surface area contributed by atoms with Crippen molar-refractivity contribution in [1.82, 2.24) is 0 Å². The van der Waals surface area contributed by atoms with Gasteiger partial charge in [-0.25, -0.2) is 4.79 Å². The van der Waals surface area contributed by atoms with Crippen LogP contribution in [-0.2, 0) is 10.3 Å². The second-order valence-electron chi connectivity index (χ2n) is 9.91. The summed E-state index contributed by atoms with van der Waals surface area (Å²) in [5.74, 6) is 1.02. The van der Waals surface area contributed by atoms with Gasteiger partial charge in [-0.05, 0) is 73.5 Å². The Labute approximate surface area is 221 Å². The van der Waals surface area contributed by atoms with Gasteiger partial charge < -0.3 is 14.4 Å². The number of hydrogen-bond donors (Lipinski definition) is 0. The fourth-order valence-corrected chi connectivity index (χ4v) is 5.73. The third-order valence-corrected chi connectivity index (χ3v) is 7.38. The van der Waals surface area contributed by atoms with Gasteiger partial charge in [-0.15, -0.1) is 0 Å². The molecule has 1 spiro atoms. The maximum absolute atomic E-state index is 13.1. The quantitative estimate of drug-likeness (QED) is 0.236. The first kappa shape index (κ1) is 22.4. The summed E-state index contributed by atoms with van der Waals surface area (Å²) in [6.45, 7) is 4.20. The average Bonchev–Trinajstić information content (AvgIpc) is 3.22. The van der Waals surface area contributed by atoms with E-state index in [0.29, 0.717) is 17.1 Å². The largest absolute Gasteiger partial charge is 0.456 e. The van der Waals surface area contributed by atoms with Crippen molar-refractivity contribution in [1.29, 1.82) is 0 Å². The standard InChI is InChI=1S/C34H25NO3/c1-22-9-7-11-24(19-22)35(25-12-8-10-23(2)20-25)26-17-18-30-32(21-26)37-31-16-6-5-15-29(31)34(30)28-14-4-3-13-27(28)33(36)38-34/h3-21H,1-2H3. The molecule has 1 atom stereocenters. The monoisotopic (exact) mass is 495 g/mol. The lowest BCUT2D eigenvalue weighted by atomic mass is 9.77. The van der Waals surface area contributed by atoms with E-state index in [9.17, 15) is 4.79 Å². The number of nitrogens with zero attached hydrogens (tertiary/aromatic N) is 1. The molecule has 4 nitrogen and oxygen atoms in total. The van der Waals surface area contributed by atoms with Crippen LogP contribution in [0.4, 0.5) is 17.1 Å². The summed E-state index contributed by atoms with van der Waals surface area (Å²) >= 11 is 0. The number of para-hydroxylation sites is 1. The fourth-order valence-electron chi connectivity index (χ4n) is 5.73. The van der Waals surface area contributed by atoms with Crippen molar-refractivity contribution in [3.63, 3.8) is 0 Å². The van der Waals surface area contributed by atoms with E-state index in [2.05, 4.69) is 73.3 Å². The van der Waals surface area contributed by atoms with Crippen molar-refractivity contribution in [2.24, 2.45) is 0 Å². The van der Waals surface area contributed by atoms with Crippen molar-refractivity contribution >= 4 is 23.0 Å². The van der Waals surface area contributed by atoms with E-state index in [0.717, 1.165) is 33.8 Å². The molecule has 0 aliphatic carbocycles. The molecule has 0 fully saturated rings. The summed E-state index contributed by atoms with van der Waals surface area (Å²) in [7, 11) is 0. The number of hydrogen-bond acceptors (Lipinski definition) is 4. The number of benzene rings is 5. The molecule has 2 heterocycles. The molecule has 2 aliphatic rings. The Morgan fingerprint density at radius 2 is 1.18 bits per heavy atom.